The van der Waals surface area contributed by atoms with Crippen molar-refractivity contribution in [2.75, 3.05) is 18.6 Å². The van der Waals surface area contributed by atoms with E-state index in [1.807, 2.05) is 0 Å². The Balaban J connectivity index is 2.22. The number of imidazole rings is 1. The van der Waals surface area contributed by atoms with Crippen LogP contribution in [0.25, 0.3) is 11.2 Å². The molecule has 1 unspecified atom stereocenters. The summed E-state index contributed by atoms with van der Waals surface area (Å²) in [7, 11) is 1.53. The minimum Gasteiger partial charge on any atom is -0.382 e. The fourth-order valence-corrected chi connectivity index (χ4v) is 2.79. The molecule has 2 heterocycles. The number of nitrogens with two attached hydrogens (primary N) is 1. The van der Waals surface area contributed by atoms with Gasteiger partial charge in [0.15, 0.2) is 16.6 Å². The highest BCUT2D eigenvalue weighted by Gasteiger charge is 2.27. The lowest BCUT2D eigenvalue weighted by Gasteiger charge is -2.16. The zero-order valence-corrected chi connectivity index (χ0v) is 13.9. The van der Waals surface area contributed by atoms with Gasteiger partial charge >= 0.3 is 6.18 Å². The standard InChI is InChI=1S/C13H18F3N5O2S/c1-7(23-2)5-8(22)21-6-18-9-10(17)19-12(20-11(9)21)24-4-3-13(14,15)16/h6-8,22H,3-5H2,1-2H3,(H2,17,19,20)/t7?,8-/m1/s1. The molecule has 0 saturated heterocycles. The molecule has 7 nitrogen and oxygen atoms in total. The number of nitrogen functional groups attached to an aromatic ring is 1. The molecule has 2 aromatic heterocycles. The van der Waals surface area contributed by atoms with Gasteiger partial charge in [-0.15, -0.1) is 0 Å². The van der Waals surface area contributed by atoms with E-state index in [4.69, 9.17) is 10.5 Å². The Bertz CT molecular complexity index is 694. The SMILES string of the molecule is COC(C)C[C@@H](O)n1cnc2c(N)nc(SCCC(F)(F)F)nc21. The molecule has 0 fully saturated rings. The number of methoxy groups -OCH3 is 1. The van der Waals surface area contributed by atoms with Gasteiger partial charge in [-0.2, -0.15) is 13.2 Å². The van der Waals surface area contributed by atoms with E-state index in [0.29, 0.717) is 11.9 Å². The molecule has 24 heavy (non-hydrogen) atoms. The summed E-state index contributed by atoms with van der Waals surface area (Å²) in [4.78, 5) is 12.2. The van der Waals surface area contributed by atoms with Crippen molar-refractivity contribution in [2.45, 2.75) is 43.4 Å². The van der Waals surface area contributed by atoms with Gasteiger partial charge in [0, 0.05) is 19.3 Å². The minimum atomic E-state index is -4.24. The van der Waals surface area contributed by atoms with E-state index >= 15 is 0 Å². The maximum atomic E-state index is 12.2. The smallest absolute Gasteiger partial charge is 0.382 e. The first-order chi connectivity index (χ1) is 11.2. The predicted molar refractivity (Wildman–Crippen MR) is 83.5 cm³/mol. The van der Waals surface area contributed by atoms with E-state index in [9.17, 15) is 18.3 Å². The van der Waals surface area contributed by atoms with Gasteiger partial charge in [-0.05, 0) is 6.92 Å². The zero-order chi connectivity index (χ0) is 17.9. The first-order valence-electron chi connectivity index (χ1n) is 7.11. The Morgan fingerprint density at radius 3 is 2.75 bits per heavy atom. The largest absolute Gasteiger partial charge is 0.389 e. The third-order valence-corrected chi connectivity index (χ3v) is 4.16. The average molecular weight is 365 g/mol. The second-order valence-electron chi connectivity index (χ2n) is 5.19. The Morgan fingerprint density at radius 2 is 2.12 bits per heavy atom. The summed E-state index contributed by atoms with van der Waals surface area (Å²) >= 11 is 0.849. The van der Waals surface area contributed by atoms with E-state index in [2.05, 4.69) is 15.0 Å². The summed E-state index contributed by atoms with van der Waals surface area (Å²) in [6.07, 6.45) is -4.68. The van der Waals surface area contributed by atoms with Crippen LogP contribution in [0.5, 0.6) is 0 Å². The number of halogens is 3. The van der Waals surface area contributed by atoms with Crippen LogP contribution in [-0.2, 0) is 4.74 Å². The molecule has 0 aliphatic rings. The topological polar surface area (TPSA) is 99.1 Å². The van der Waals surface area contributed by atoms with Crippen molar-refractivity contribution in [2.24, 2.45) is 0 Å². The molecule has 0 aliphatic carbocycles. The van der Waals surface area contributed by atoms with Crippen molar-refractivity contribution in [1.82, 2.24) is 19.5 Å². The van der Waals surface area contributed by atoms with Gasteiger partial charge in [0.05, 0.1) is 18.9 Å². The molecule has 2 rings (SSSR count). The van der Waals surface area contributed by atoms with Gasteiger partial charge < -0.3 is 15.6 Å². The van der Waals surface area contributed by atoms with Crippen molar-refractivity contribution in [3.63, 3.8) is 0 Å². The van der Waals surface area contributed by atoms with Crippen LogP contribution < -0.4 is 5.73 Å². The molecule has 0 amide bonds. The van der Waals surface area contributed by atoms with Crippen LogP contribution in [0.1, 0.15) is 26.0 Å². The molecule has 0 bridgehead atoms. The number of aliphatic hydroxyl groups is 1. The molecule has 2 aromatic rings. The van der Waals surface area contributed by atoms with Crippen LogP contribution in [0.4, 0.5) is 19.0 Å². The van der Waals surface area contributed by atoms with E-state index < -0.39 is 18.8 Å². The molecule has 0 aromatic carbocycles. The van der Waals surface area contributed by atoms with E-state index in [1.54, 1.807) is 6.92 Å². The average Bonchev–Trinajstić information content (AvgIpc) is 2.90. The number of hydrogen-bond donors (Lipinski definition) is 2. The molecular weight excluding hydrogens is 347 g/mol. The molecule has 11 heteroatoms. The maximum absolute atomic E-state index is 12.2. The normalized spacial score (nSPS) is 14.9. The number of fused-ring (bicyclic) bond motifs is 1. The van der Waals surface area contributed by atoms with Crippen LogP contribution in [-0.4, -0.2) is 49.8 Å². The summed E-state index contributed by atoms with van der Waals surface area (Å²) in [6, 6.07) is 0. The third-order valence-electron chi connectivity index (χ3n) is 3.31. The molecule has 2 atom stereocenters. The monoisotopic (exact) mass is 365 g/mol. The molecule has 0 radical (unpaired) electrons. The summed E-state index contributed by atoms with van der Waals surface area (Å²) in [5.41, 5.74) is 6.35. The van der Waals surface area contributed by atoms with Gasteiger partial charge in [-0.25, -0.2) is 15.0 Å². The van der Waals surface area contributed by atoms with Gasteiger partial charge in [0.25, 0.3) is 0 Å². The number of hydrogen-bond acceptors (Lipinski definition) is 7. The van der Waals surface area contributed by atoms with Gasteiger partial charge in [0.2, 0.25) is 0 Å². The second-order valence-corrected chi connectivity index (χ2v) is 6.25. The van der Waals surface area contributed by atoms with E-state index in [-0.39, 0.29) is 28.5 Å². The highest BCUT2D eigenvalue weighted by Crippen LogP contribution is 2.27. The minimum absolute atomic E-state index is 0.0558. The number of alkyl halides is 3. The summed E-state index contributed by atoms with van der Waals surface area (Å²) in [5.74, 6) is -0.161. The van der Waals surface area contributed by atoms with Crippen LogP contribution in [0, 0.1) is 0 Å². The van der Waals surface area contributed by atoms with Crippen LogP contribution in [0.2, 0.25) is 0 Å². The number of aliphatic hydroxyl groups excluding tert-OH is 1. The Kier molecular flexibility index (Phi) is 5.88. The lowest BCUT2D eigenvalue weighted by molar-refractivity contribution is -0.129. The number of aromatic nitrogens is 4. The first kappa shape index (κ1) is 18.7. The molecule has 0 saturated carbocycles. The molecule has 134 valence electrons. The second kappa shape index (κ2) is 7.53. The Morgan fingerprint density at radius 1 is 1.42 bits per heavy atom. The molecule has 0 aliphatic heterocycles. The van der Waals surface area contributed by atoms with Crippen molar-refractivity contribution in [1.29, 1.82) is 0 Å². The molecular formula is C13H18F3N5O2S. The van der Waals surface area contributed by atoms with Crippen LogP contribution >= 0.6 is 11.8 Å². The fourth-order valence-electron chi connectivity index (χ4n) is 1.96. The van der Waals surface area contributed by atoms with Crippen molar-refractivity contribution in [3.05, 3.63) is 6.33 Å². The van der Waals surface area contributed by atoms with Gasteiger partial charge in [-0.3, -0.25) is 4.57 Å². The van der Waals surface area contributed by atoms with Crippen LogP contribution in [0.15, 0.2) is 11.5 Å². The summed E-state index contributed by atoms with van der Waals surface area (Å²) < 4.78 is 43.2. The number of rotatable bonds is 7. The van der Waals surface area contributed by atoms with E-state index in [1.165, 1.54) is 18.0 Å². The van der Waals surface area contributed by atoms with Crippen LogP contribution in [0.3, 0.4) is 0 Å². The number of thioether (sulfide) groups is 1. The number of anilines is 1. The lowest BCUT2D eigenvalue weighted by atomic mass is 10.2. The van der Waals surface area contributed by atoms with Gasteiger partial charge in [-0.1, -0.05) is 11.8 Å². The zero-order valence-electron chi connectivity index (χ0n) is 13.1. The number of ether oxygens (including phenoxy) is 1. The Labute approximate surface area is 140 Å². The lowest BCUT2D eigenvalue weighted by Crippen LogP contribution is -2.16. The fraction of sp³-hybridized carbons (Fsp3) is 0.615. The highest BCUT2D eigenvalue weighted by molar-refractivity contribution is 7.99. The number of nitrogens with zero attached hydrogens (tertiary/aromatic N) is 4. The van der Waals surface area contributed by atoms with Gasteiger partial charge in [0.1, 0.15) is 11.7 Å². The predicted octanol–water partition coefficient (Wildman–Crippen LogP) is 2.37. The summed E-state index contributed by atoms with van der Waals surface area (Å²) in [5, 5.41) is 10.4. The molecule has 3 N–H and O–H groups in total. The quantitative estimate of drug-likeness (QED) is 0.574. The first-order valence-corrected chi connectivity index (χ1v) is 8.10. The summed E-state index contributed by atoms with van der Waals surface area (Å²) in [6.45, 7) is 1.80. The third kappa shape index (κ3) is 4.71. The maximum Gasteiger partial charge on any atom is 0.389 e. The van der Waals surface area contributed by atoms with Crippen molar-refractivity contribution in [3.8, 4) is 0 Å². The van der Waals surface area contributed by atoms with Crippen molar-refractivity contribution >= 4 is 28.7 Å². The Hall–Kier alpha value is -1.59. The van der Waals surface area contributed by atoms with Crippen molar-refractivity contribution < 1.29 is 23.0 Å². The van der Waals surface area contributed by atoms with E-state index in [0.717, 1.165) is 11.8 Å². The molecule has 0 spiro atoms. The highest BCUT2D eigenvalue weighted by atomic mass is 32.2.